The molecular weight excluding hydrogens is 318 g/mol. The molecule has 1 amide bonds. The minimum absolute atomic E-state index is 0.0355. The van der Waals surface area contributed by atoms with Gasteiger partial charge in [-0.05, 0) is 25.0 Å². The van der Waals surface area contributed by atoms with Crippen LogP contribution in [-0.2, 0) is 4.79 Å². The first-order chi connectivity index (χ1) is 12.0. The molecular formula is C18H25N5O2. The minimum Gasteiger partial charge on any atom is -0.386 e. The summed E-state index contributed by atoms with van der Waals surface area (Å²) in [6.07, 6.45) is 7.15. The van der Waals surface area contributed by atoms with Crippen molar-refractivity contribution in [2.75, 3.05) is 38.1 Å². The summed E-state index contributed by atoms with van der Waals surface area (Å²) in [6, 6.07) is 3.84. The van der Waals surface area contributed by atoms with E-state index in [2.05, 4.69) is 14.9 Å². The summed E-state index contributed by atoms with van der Waals surface area (Å²) in [5.41, 5.74) is 6.43. The number of aromatic nitrogens is 2. The van der Waals surface area contributed by atoms with E-state index in [1.54, 1.807) is 24.3 Å². The van der Waals surface area contributed by atoms with Crippen molar-refractivity contribution in [2.45, 2.75) is 24.9 Å². The topological polar surface area (TPSA) is 95.6 Å². The number of amides is 1. The van der Waals surface area contributed by atoms with Gasteiger partial charge in [-0.2, -0.15) is 0 Å². The fraction of sp³-hybridized carbons (Fsp3) is 0.500. The molecule has 1 atom stereocenters. The number of likely N-dealkylation sites (N-methyl/N-ethyl adjacent to an activating group) is 1. The van der Waals surface area contributed by atoms with E-state index in [0.717, 1.165) is 29.6 Å². The Morgan fingerprint density at radius 3 is 3.08 bits per heavy atom. The zero-order chi connectivity index (χ0) is 17.9. The molecule has 0 radical (unpaired) electrons. The van der Waals surface area contributed by atoms with Gasteiger partial charge in [0.1, 0.15) is 0 Å². The van der Waals surface area contributed by atoms with E-state index in [-0.39, 0.29) is 5.91 Å². The summed E-state index contributed by atoms with van der Waals surface area (Å²) in [7, 11) is 1.72. The number of anilines is 1. The summed E-state index contributed by atoms with van der Waals surface area (Å²) in [6.45, 7) is 1.96. The van der Waals surface area contributed by atoms with Crippen molar-refractivity contribution < 1.29 is 9.90 Å². The zero-order valence-corrected chi connectivity index (χ0v) is 14.6. The van der Waals surface area contributed by atoms with Gasteiger partial charge in [0.15, 0.2) is 0 Å². The average molecular weight is 343 g/mol. The van der Waals surface area contributed by atoms with Crippen LogP contribution in [0.5, 0.6) is 0 Å². The van der Waals surface area contributed by atoms with Crippen molar-refractivity contribution in [1.82, 2.24) is 14.9 Å². The van der Waals surface area contributed by atoms with Crippen LogP contribution in [0.3, 0.4) is 0 Å². The van der Waals surface area contributed by atoms with Gasteiger partial charge in [-0.3, -0.25) is 14.8 Å². The molecule has 7 heteroatoms. The number of fused-ring (bicyclic) bond motifs is 1. The molecule has 25 heavy (non-hydrogen) atoms. The summed E-state index contributed by atoms with van der Waals surface area (Å²) in [5.74, 6) is -0.0355. The number of hydrogen-bond donors (Lipinski definition) is 2. The molecule has 3 rings (SSSR count). The maximum absolute atomic E-state index is 12.0. The number of nitrogens with zero attached hydrogens (tertiary/aromatic N) is 4. The van der Waals surface area contributed by atoms with Gasteiger partial charge in [0, 0.05) is 62.8 Å². The molecule has 2 aromatic rings. The van der Waals surface area contributed by atoms with E-state index in [4.69, 9.17) is 5.73 Å². The van der Waals surface area contributed by atoms with E-state index in [0.29, 0.717) is 32.5 Å². The molecule has 2 aromatic heterocycles. The maximum atomic E-state index is 12.0. The number of carbonyl (C=O) groups excluding carboxylic acids is 1. The van der Waals surface area contributed by atoms with Crippen molar-refractivity contribution in [1.29, 1.82) is 0 Å². The van der Waals surface area contributed by atoms with Crippen molar-refractivity contribution in [3.8, 4) is 0 Å². The number of hydrogen-bond acceptors (Lipinski definition) is 6. The van der Waals surface area contributed by atoms with Crippen molar-refractivity contribution in [3.63, 3.8) is 0 Å². The van der Waals surface area contributed by atoms with Crippen LogP contribution in [0.4, 0.5) is 5.69 Å². The van der Waals surface area contributed by atoms with Gasteiger partial charge in [0.05, 0.1) is 17.7 Å². The normalized spacial score (nSPS) is 20.7. The van der Waals surface area contributed by atoms with E-state index in [1.807, 2.05) is 18.3 Å². The van der Waals surface area contributed by atoms with Gasteiger partial charge in [-0.15, -0.1) is 0 Å². The predicted octanol–water partition coefficient (Wildman–Crippen LogP) is 0.768. The van der Waals surface area contributed by atoms with Crippen LogP contribution in [0.15, 0.2) is 30.7 Å². The lowest BCUT2D eigenvalue weighted by molar-refractivity contribution is -0.133. The van der Waals surface area contributed by atoms with Crippen LogP contribution in [0, 0.1) is 0 Å². The van der Waals surface area contributed by atoms with Gasteiger partial charge in [0.2, 0.25) is 5.91 Å². The molecule has 7 nitrogen and oxygen atoms in total. The van der Waals surface area contributed by atoms with Crippen LogP contribution < -0.4 is 10.6 Å². The van der Waals surface area contributed by atoms with E-state index < -0.39 is 5.60 Å². The lowest BCUT2D eigenvalue weighted by Crippen LogP contribution is -2.54. The third-order valence-electron chi connectivity index (χ3n) is 4.73. The molecule has 1 aliphatic rings. The van der Waals surface area contributed by atoms with E-state index in [9.17, 15) is 9.90 Å². The molecule has 3 N–H and O–H groups in total. The Balaban J connectivity index is 1.79. The van der Waals surface area contributed by atoms with Crippen molar-refractivity contribution >= 4 is 22.5 Å². The highest BCUT2D eigenvalue weighted by molar-refractivity contribution is 5.90. The number of β-amino-alcohol motifs (C(OH)–C–C–N with tert-alkyl or cyclic N) is 1. The lowest BCUT2D eigenvalue weighted by Gasteiger charge is -2.42. The molecule has 1 saturated heterocycles. The Labute approximate surface area is 147 Å². The van der Waals surface area contributed by atoms with Crippen LogP contribution in [-0.4, -0.2) is 64.7 Å². The van der Waals surface area contributed by atoms with Crippen LogP contribution in [0.25, 0.3) is 10.9 Å². The minimum atomic E-state index is -0.935. The average Bonchev–Trinajstić information content (AvgIpc) is 2.61. The number of aliphatic hydroxyl groups is 1. The van der Waals surface area contributed by atoms with Gasteiger partial charge in [-0.1, -0.05) is 0 Å². The smallest absolute Gasteiger partial charge is 0.223 e. The van der Waals surface area contributed by atoms with Gasteiger partial charge in [0.25, 0.3) is 0 Å². The quantitative estimate of drug-likeness (QED) is 0.832. The molecule has 1 unspecified atom stereocenters. The third-order valence-corrected chi connectivity index (χ3v) is 4.73. The number of carbonyl (C=O) groups is 1. The summed E-state index contributed by atoms with van der Waals surface area (Å²) < 4.78 is 0. The number of piperidine rings is 1. The zero-order valence-electron chi connectivity index (χ0n) is 14.6. The third kappa shape index (κ3) is 3.88. The van der Waals surface area contributed by atoms with Crippen LogP contribution in [0.2, 0.25) is 0 Å². The Morgan fingerprint density at radius 1 is 1.44 bits per heavy atom. The molecule has 0 aromatic carbocycles. The molecule has 1 fully saturated rings. The number of nitrogens with two attached hydrogens (primary N) is 1. The summed E-state index contributed by atoms with van der Waals surface area (Å²) in [5, 5.41) is 12.0. The fourth-order valence-electron chi connectivity index (χ4n) is 3.54. The van der Waals surface area contributed by atoms with Crippen molar-refractivity contribution in [3.05, 3.63) is 30.7 Å². The number of rotatable bonds is 5. The number of pyridine rings is 2. The Morgan fingerprint density at radius 2 is 2.28 bits per heavy atom. The molecule has 0 saturated carbocycles. The Hall–Kier alpha value is -2.25. The largest absolute Gasteiger partial charge is 0.386 e. The monoisotopic (exact) mass is 343 g/mol. The van der Waals surface area contributed by atoms with Crippen LogP contribution in [0.1, 0.15) is 19.3 Å². The molecule has 0 bridgehead atoms. The standard InChI is InChI=1S/C18H25N5O2/c1-22(17(24)3-7-19)12-18(25)6-2-10-23(13-18)16-5-9-21-15-4-8-20-11-14(15)16/h4-5,8-9,11,25H,2-3,6-7,10,12-13,19H2,1H3. The summed E-state index contributed by atoms with van der Waals surface area (Å²) in [4.78, 5) is 24.3. The van der Waals surface area contributed by atoms with Gasteiger partial charge in [-0.25, -0.2) is 0 Å². The van der Waals surface area contributed by atoms with Gasteiger partial charge >= 0.3 is 0 Å². The molecule has 0 aliphatic carbocycles. The molecule has 3 heterocycles. The first kappa shape index (κ1) is 17.6. The molecule has 0 spiro atoms. The SMILES string of the molecule is CN(CC1(O)CCCN(c2ccnc3ccncc23)C1)C(=O)CCN. The highest BCUT2D eigenvalue weighted by Gasteiger charge is 2.35. The lowest BCUT2D eigenvalue weighted by atomic mass is 9.91. The second-order valence-corrected chi connectivity index (χ2v) is 6.76. The van der Waals surface area contributed by atoms with Crippen molar-refractivity contribution in [2.24, 2.45) is 5.73 Å². The van der Waals surface area contributed by atoms with E-state index >= 15 is 0 Å². The second kappa shape index (κ2) is 7.33. The van der Waals surface area contributed by atoms with Crippen LogP contribution >= 0.6 is 0 Å². The first-order valence-electron chi connectivity index (χ1n) is 8.62. The van der Waals surface area contributed by atoms with E-state index in [1.165, 1.54) is 0 Å². The molecule has 134 valence electrons. The molecule has 1 aliphatic heterocycles. The highest BCUT2D eigenvalue weighted by atomic mass is 16.3. The Kier molecular flexibility index (Phi) is 5.15. The fourth-order valence-corrected chi connectivity index (χ4v) is 3.54. The second-order valence-electron chi connectivity index (χ2n) is 6.76. The Bertz CT molecular complexity index is 748. The maximum Gasteiger partial charge on any atom is 0.223 e. The first-order valence-corrected chi connectivity index (χ1v) is 8.62. The summed E-state index contributed by atoms with van der Waals surface area (Å²) >= 11 is 0. The predicted molar refractivity (Wildman–Crippen MR) is 97.2 cm³/mol. The highest BCUT2D eigenvalue weighted by Crippen LogP contribution is 2.30. The van der Waals surface area contributed by atoms with Gasteiger partial charge < -0.3 is 20.6 Å².